The van der Waals surface area contributed by atoms with Crippen LogP contribution < -0.4 is 13.1 Å². The Morgan fingerprint density at radius 3 is 1.84 bits per heavy atom. The molecule has 90 valence electrons. The van der Waals surface area contributed by atoms with E-state index in [4.69, 9.17) is 0 Å². The Kier molecular flexibility index (Phi) is 2.49. The van der Waals surface area contributed by atoms with Gasteiger partial charge in [-0.25, -0.2) is 0 Å². The van der Waals surface area contributed by atoms with Gasteiger partial charge in [0.2, 0.25) is 0 Å². The van der Waals surface area contributed by atoms with Crippen LogP contribution in [0.15, 0.2) is 67.3 Å². The van der Waals surface area contributed by atoms with Crippen molar-refractivity contribution < 1.29 is 0 Å². The number of pyridine rings is 2. The summed E-state index contributed by atoms with van der Waals surface area (Å²) >= 11 is -1.44. The molecule has 0 atom stereocenters. The van der Waals surface area contributed by atoms with Crippen LogP contribution in [0.1, 0.15) is 0 Å². The van der Waals surface area contributed by atoms with E-state index in [2.05, 4.69) is 52.4 Å². The predicted molar refractivity (Wildman–Crippen MR) is 78.6 cm³/mol. The number of fused-ring (bicyclic) bond motifs is 3. The summed E-state index contributed by atoms with van der Waals surface area (Å²) in [4.78, 5) is 8.66. The predicted octanol–water partition coefficient (Wildman–Crippen LogP) is 0.973. The topological polar surface area (TPSA) is 25.8 Å². The number of hydrogen-bond donors (Lipinski definition) is 0. The van der Waals surface area contributed by atoms with Crippen LogP contribution >= 0.6 is 0 Å². The van der Waals surface area contributed by atoms with Gasteiger partial charge in [-0.05, 0) is 0 Å². The van der Waals surface area contributed by atoms with Gasteiger partial charge in [0.1, 0.15) is 0 Å². The Labute approximate surface area is 116 Å². The molecule has 0 aliphatic carbocycles. The molecular formula is C16H11AsN2. The van der Waals surface area contributed by atoms with E-state index >= 15 is 0 Å². The third-order valence-electron chi connectivity index (χ3n) is 3.39. The Morgan fingerprint density at radius 1 is 0.684 bits per heavy atom. The third kappa shape index (κ3) is 1.64. The quantitative estimate of drug-likeness (QED) is 0.490. The van der Waals surface area contributed by atoms with Crippen LogP contribution in [0.3, 0.4) is 0 Å². The molecule has 0 N–H and O–H groups in total. The summed E-state index contributed by atoms with van der Waals surface area (Å²) < 4.78 is 4.28. The van der Waals surface area contributed by atoms with E-state index < -0.39 is 14.7 Å². The Bertz CT molecular complexity index is 695. The zero-order chi connectivity index (χ0) is 12.7. The van der Waals surface area contributed by atoms with Crippen molar-refractivity contribution >= 4 is 27.7 Å². The number of rotatable bonds is 1. The number of aromatic nitrogens is 2. The first kappa shape index (κ1) is 11.0. The fourth-order valence-electron chi connectivity index (χ4n) is 2.57. The first-order valence-corrected chi connectivity index (χ1v) is 9.00. The molecule has 0 amide bonds. The number of nitrogens with zero attached hydrogens (tertiary/aromatic N) is 2. The van der Waals surface area contributed by atoms with Gasteiger partial charge in [0.05, 0.1) is 0 Å². The van der Waals surface area contributed by atoms with E-state index in [0.717, 1.165) is 0 Å². The summed E-state index contributed by atoms with van der Waals surface area (Å²) in [6.45, 7) is 0. The van der Waals surface area contributed by atoms with Crippen molar-refractivity contribution in [3.63, 3.8) is 0 Å². The molecule has 0 unspecified atom stereocenters. The minimum absolute atomic E-state index is 1.34. The van der Waals surface area contributed by atoms with E-state index in [-0.39, 0.29) is 0 Å². The van der Waals surface area contributed by atoms with E-state index in [1.54, 1.807) is 0 Å². The Balaban J connectivity index is 2.02. The molecule has 0 radical (unpaired) electrons. The van der Waals surface area contributed by atoms with Crippen molar-refractivity contribution in [2.75, 3.05) is 0 Å². The normalized spacial score (nSPS) is 13.1. The van der Waals surface area contributed by atoms with Gasteiger partial charge in [-0.3, -0.25) is 0 Å². The van der Waals surface area contributed by atoms with Crippen LogP contribution in [0.5, 0.6) is 0 Å². The molecular weight excluding hydrogens is 295 g/mol. The van der Waals surface area contributed by atoms with E-state index in [0.29, 0.717) is 0 Å². The molecule has 1 aromatic carbocycles. The minimum atomic E-state index is -1.44. The van der Waals surface area contributed by atoms with Crippen molar-refractivity contribution in [3.05, 3.63) is 67.3 Å². The zero-order valence-corrected chi connectivity index (χ0v) is 12.1. The summed E-state index contributed by atoms with van der Waals surface area (Å²) in [7, 11) is 0. The zero-order valence-electron chi connectivity index (χ0n) is 10.2. The summed E-state index contributed by atoms with van der Waals surface area (Å²) in [6, 6.07) is 15.0. The maximum absolute atomic E-state index is 4.33. The van der Waals surface area contributed by atoms with Gasteiger partial charge >= 0.3 is 116 Å². The molecule has 3 aromatic rings. The first-order chi connectivity index (χ1) is 9.45. The molecule has 0 bridgehead atoms. The van der Waals surface area contributed by atoms with Gasteiger partial charge in [-0.1, -0.05) is 0 Å². The van der Waals surface area contributed by atoms with Gasteiger partial charge < -0.3 is 0 Å². The standard InChI is InChI=1S/C16H11AsN2/c1-2-4-12(5-3-1)17-15-10-18-8-6-13(15)14-7-9-19-11-16(14)17/h1-11H. The molecule has 0 fully saturated rings. The van der Waals surface area contributed by atoms with Gasteiger partial charge in [0, 0.05) is 0 Å². The molecule has 2 aromatic heterocycles. The van der Waals surface area contributed by atoms with E-state index in [1.807, 2.05) is 24.8 Å². The summed E-state index contributed by atoms with van der Waals surface area (Å²) in [5, 5.41) is 0. The van der Waals surface area contributed by atoms with Gasteiger partial charge in [-0.15, -0.1) is 0 Å². The third-order valence-corrected chi connectivity index (χ3v) is 8.61. The molecule has 0 saturated heterocycles. The number of benzene rings is 1. The molecule has 3 heteroatoms. The molecule has 0 spiro atoms. The maximum atomic E-state index is 4.33. The monoisotopic (exact) mass is 306 g/mol. The van der Waals surface area contributed by atoms with Crippen molar-refractivity contribution in [2.45, 2.75) is 0 Å². The SMILES string of the molecule is c1ccc([As]2c3cnccc3-c3ccncc32)cc1. The fourth-order valence-corrected chi connectivity index (χ4v) is 7.86. The molecule has 4 rings (SSSR count). The van der Waals surface area contributed by atoms with Crippen molar-refractivity contribution in [1.29, 1.82) is 0 Å². The molecule has 3 heterocycles. The van der Waals surface area contributed by atoms with Crippen LogP contribution in [-0.2, 0) is 0 Å². The first-order valence-electron chi connectivity index (χ1n) is 6.19. The molecule has 1 aliphatic heterocycles. The van der Waals surface area contributed by atoms with Crippen LogP contribution in [0, 0.1) is 0 Å². The average Bonchev–Trinajstić information content (AvgIpc) is 2.83. The van der Waals surface area contributed by atoms with E-state index in [9.17, 15) is 0 Å². The van der Waals surface area contributed by atoms with Crippen molar-refractivity contribution in [2.24, 2.45) is 0 Å². The second kappa shape index (κ2) is 4.32. The molecule has 1 aliphatic rings. The van der Waals surface area contributed by atoms with Gasteiger partial charge in [0.15, 0.2) is 0 Å². The summed E-state index contributed by atoms with van der Waals surface area (Å²) in [5.74, 6) is 0. The summed E-state index contributed by atoms with van der Waals surface area (Å²) in [6.07, 6.45) is 7.85. The van der Waals surface area contributed by atoms with Crippen LogP contribution in [0.25, 0.3) is 11.1 Å². The Hall–Kier alpha value is -1.92. The van der Waals surface area contributed by atoms with Crippen LogP contribution in [-0.4, -0.2) is 24.6 Å². The van der Waals surface area contributed by atoms with E-state index in [1.165, 1.54) is 24.2 Å². The van der Waals surface area contributed by atoms with Crippen LogP contribution in [0.4, 0.5) is 0 Å². The second-order valence-electron chi connectivity index (χ2n) is 4.46. The number of hydrogen-bond acceptors (Lipinski definition) is 2. The molecule has 19 heavy (non-hydrogen) atoms. The second-order valence-corrected chi connectivity index (χ2v) is 8.97. The summed E-state index contributed by atoms with van der Waals surface area (Å²) in [5.41, 5.74) is 2.69. The average molecular weight is 306 g/mol. The fraction of sp³-hybridized carbons (Fsp3) is 0. The van der Waals surface area contributed by atoms with Gasteiger partial charge in [-0.2, -0.15) is 0 Å². The van der Waals surface area contributed by atoms with Crippen molar-refractivity contribution in [3.8, 4) is 11.1 Å². The molecule has 0 saturated carbocycles. The van der Waals surface area contributed by atoms with Crippen LogP contribution in [0.2, 0.25) is 0 Å². The van der Waals surface area contributed by atoms with Gasteiger partial charge in [0.25, 0.3) is 0 Å². The van der Waals surface area contributed by atoms with Crippen molar-refractivity contribution in [1.82, 2.24) is 9.97 Å². The Morgan fingerprint density at radius 2 is 1.26 bits per heavy atom. The molecule has 2 nitrogen and oxygen atoms in total.